The minimum absolute atomic E-state index is 0.119. The highest BCUT2D eigenvalue weighted by atomic mass is 19.4. The maximum Gasteiger partial charge on any atom is 0.416 e. The third-order valence-corrected chi connectivity index (χ3v) is 2.34. The largest absolute Gasteiger partial charge is 0.490 e. The van der Waals surface area contributed by atoms with Crippen molar-refractivity contribution in [3.8, 4) is 5.75 Å². The van der Waals surface area contributed by atoms with E-state index in [2.05, 4.69) is 0 Å². The monoisotopic (exact) mass is 216 g/mol. The van der Waals surface area contributed by atoms with Crippen LogP contribution in [-0.4, -0.2) is 6.10 Å². The van der Waals surface area contributed by atoms with Crippen LogP contribution >= 0.6 is 0 Å². The molecule has 1 aromatic rings. The number of alkyl halides is 3. The topological polar surface area (TPSA) is 9.23 Å². The Balaban J connectivity index is 2.27. The summed E-state index contributed by atoms with van der Waals surface area (Å²) in [5.74, 6) is 0.315. The van der Waals surface area contributed by atoms with E-state index in [1.807, 2.05) is 0 Å². The van der Waals surface area contributed by atoms with E-state index in [-0.39, 0.29) is 11.7 Å². The summed E-state index contributed by atoms with van der Waals surface area (Å²) >= 11 is 0. The molecular weight excluding hydrogens is 205 g/mol. The molecule has 1 saturated carbocycles. The fraction of sp³-hybridized carbons (Fsp3) is 0.455. The molecule has 1 aromatic carbocycles. The Morgan fingerprint density at radius 1 is 1.27 bits per heavy atom. The van der Waals surface area contributed by atoms with Crippen LogP contribution in [0.5, 0.6) is 5.75 Å². The van der Waals surface area contributed by atoms with Crippen molar-refractivity contribution in [3.05, 3.63) is 29.3 Å². The summed E-state index contributed by atoms with van der Waals surface area (Å²) in [5.41, 5.74) is -0.383. The molecule has 15 heavy (non-hydrogen) atoms. The van der Waals surface area contributed by atoms with Gasteiger partial charge in [0.1, 0.15) is 5.75 Å². The minimum atomic E-state index is -4.30. The molecule has 1 nitrogen and oxygen atoms in total. The van der Waals surface area contributed by atoms with Gasteiger partial charge in [0.25, 0.3) is 0 Å². The van der Waals surface area contributed by atoms with Crippen molar-refractivity contribution < 1.29 is 17.9 Å². The molecular formula is C11H11F3O. The van der Waals surface area contributed by atoms with Crippen LogP contribution in [0.15, 0.2) is 18.2 Å². The van der Waals surface area contributed by atoms with Gasteiger partial charge in [0.05, 0.1) is 11.7 Å². The van der Waals surface area contributed by atoms with Crippen molar-refractivity contribution in [3.63, 3.8) is 0 Å². The highest BCUT2D eigenvalue weighted by Crippen LogP contribution is 2.35. The van der Waals surface area contributed by atoms with Crippen LogP contribution in [0.2, 0.25) is 0 Å². The first-order valence-electron chi connectivity index (χ1n) is 4.81. The van der Waals surface area contributed by atoms with E-state index >= 15 is 0 Å². The zero-order chi connectivity index (χ0) is 11.1. The predicted molar refractivity (Wildman–Crippen MR) is 49.8 cm³/mol. The normalized spacial score (nSPS) is 16.5. The molecule has 0 bridgehead atoms. The summed E-state index contributed by atoms with van der Waals surface area (Å²) < 4.78 is 42.9. The molecule has 0 N–H and O–H groups in total. The molecule has 82 valence electrons. The Morgan fingerprint density at radius 3 is 2.47 bits per heavy atom. The van der Waals surface area contributed by atoms with E-state index in [1.165, 1.54) is 13.0 Å². The van der Waals surface area contributed by atoms with E-state index < -0.39 is 11.7 Å². The van der Waals surface area contributed by atoms with Gasteiger partial charge in [-0.25, -0.2) is 0 Å². The lowest BCUT2D eigenvalue weighted by atomic mass is 10.1. The standard InChI is InChI=1S/C11H11F3O/c1-7-2-3-9(15-8-4-5-8)6-10(7)11(12,13)14/h2-3,6,8H,4-5H2,1H3. The van der Waals surface area contributed by atoms with Crippen molar-refractivity contribution in [2.45, 2.75) is 32.0 Å². The Labute approximate surface area is 85.9 Å². The molecule has 0 amide bonds. The summed E-state index contributed by atoms with van der Waals surface area (Å²) in [7, 11) is 0. The maximum absolute atomic E-state index is 12.5. The van der Waals surface area contributed by atoms with Gasteiger partial charge in [-0.3, -0.25) is 0 Å². The smallest absolute Gasteiger partial charge is 0.416 e. The van der Waals surface area contributed by atoms with Gasteiger partial charge in [-0.15, -0.1) is 0 Å². The molecule has 0 saturated heterocycles. The highest BCUT2D eigenvalue weighted by molar-refractivity contribution is 5.36. The van der Waals surface area contributed by atoms with Crippen molar-refractivity contribution in [1.29, 1.82) is 0 Å². The van der Waals surface area contributed by atoms with Crippen molar-refractivity contribution in [1.82, 2.24) is 0 Å². The fourth-order valence-electron chi connectivity index (χ4n) is 1.36. The molecule has 1 aliphatic rings. The third-order valence-electron chi connectivity index (χ3n) is 2.34. The SMILES string of the molecule is Cc1ccc(OC2CC2)cc1C(F)(F)F. The Morgan fingerprint density at radius 2 is 1.93 bits per heavy atom. The van der Waals surface area contributed by atoms with Crippen LogP contribution in [-0.2, 0) is 6.18 Å². The number of hydrogen-bond donors (Lipinski definition) is 0. The molecule has 4 heteroatoms. The minimum Gasteiger partial charge on any atom is -0.490 e. The molecule has 0 unspecified atom stereocenters. The molecule has 2 rings (SSSR count). The van der Waals surface area contributed by atoms with Crippen LogP contribution in [0.25, 0.3) is 0 Å². The van der Waals surface area contributed by atoms with Crippen LogP contribution in [0.4, 0.5) is 13.2 Å². The van der Waals surface area contributed by atoms with Crippen molar-refractivity contribution in [2.75, 3.05) is 0 Å². The second-order valence-electron chi connectivity index (χ2n) is 3.79. The van der Waals surface area contributed by atoms with E-state index in [0.717, 1.165) is 18.9 Å². The van der Waals surface area contributed by atoms with E-state index in [4.69, 9.17) is 4.74 Å². The van der Waals surface area contributed by atoms with Gasteiger partial charge in [0, 0.05) is 0 Å². The van der Waals surface area contributed by atoms with E-state index in [1.54, 1.807) is 6.07 Å². The van der Waals surface area contributed by atoms with Crippen LogP contribution < -0.4 is 4.74 Å². The lowest BCUT2D eigenvalue weighted by Crippen LogP contribution is -2.08. The number of aryl methyl sites for hydroxylation is 1. The molecule has 1 aliphatic carbocycles. The lowest BCUT2D eigenvalue weighted by Gasteiger charge is -2.12. The number of halogens is 3. The summed E-state index contributed by atoms with van der Waals surface area (Å²) in [4.78, 5) is 0. The molecule has 0 aromatic heterocycles. The summed E-state index contributed by atoms with van der Waals surface area (Å²) in [6, 6.07) is 4.11. The van der Waals surface area contributed by atoms with Crippen molar-refractivity contribution >= 4 is 0 Å². The maximum atomic E-state index is 12.5. The van der Waals surface area contributed by atoms with Crippen LogP contribution in [0, 0.1) is 6.92 Å². The number of rotatable bonds is 2. The second kappa shape index (κ2) is 3.43. The number of benzene rings is 1. The quantitative estimate of drug-likeness (QED) is 0.734. The van der Waals surface area contributed by atoms with Gasteiger partial charge >= 0.3 is 6.18 Å². The second-order valence-corrected chi connectivity index (χ2v) is 3.79. The summed E-state index contributed by atoms with van der Waals surface area (Å²) in [5, 5.41) is 0. The summed E-state index contributed by atoms with van der Waals surface area (Å²) in [6.07, 6.45) is -2.30. The highest BCUT2D eigenvalue weighted by Gasteiger charge is 2.33. The summed E-state index contributed by atoms with van der Waals surface area (Å²) in [6.45, 7) is 1.45. The van der Waals surface area contributed by atoms with Crippen molar-refractivity contribution in [2.24, 2.45) is 0 Å². The van der Waals surface area contributed by atoms with Crippen LogP contribution in [0.1, 0.15) is 24.0 Å². The average Bonchev–Trinajstić information content (AvgIpc) is 2.90. The Kier molecular flexibility index (Phi) is 2.37. The van der Waals surface area contributed by atoms with Gasteiger partial charge < -0.3 is 4.74 Å². The van der Waals surface area contributed by atoms with Crippen LogP contribution in [0.3, 0.4) is 0 Å². The Bertz CT molecular complexity index is 367. The number of hydrogen-bond acceptors (Lipinski definition) is 1. The first kappa shape index (κ1) is 10.3. The van der Waals surface area contributed by atoms with Gasteiger partial charge in [-0.05, 0) is 37.5 Å². The molecule has 0 radical (unpaired) electrons. The molecule has 0 aliphatic heterocycles. The van der Waals surface area contributed by atoms with Gasteiger partial charge in [-0.1, -0.05) is 6.07 Å². The average molecular weight is 216 g/mol. The molecule has 0 heterocycles. The van der Waals surface area contributed by atoms with Gasteiger partial charge in [0.2, 0.25) is 0 Å². The fourth-order valence-corrected chi connectivity index (χ4v) is 1.36. The molecule has 1 fully saturated rings. The number of ether oxygens (including phenoxy) is 1. The first-order valence-corrected chi connectivity index (χ1v) is 4.81. The zero-order valence-electron chi connectivity index (χ0n) is 8.27. The van der Waals surface area contributed by atoms with Gasteiger partial charge in [0.15, 0.2) is 0 Å². The van der Waals surface area contributed by atoms with E-state index in [9.17, 15) is 13.2 Å². The first-order chi connectivity index (χ1) is 6.97. The third kappa shape index (κ3) is 2.43. The lowest BCUT2D eigenvalue weighted by molar-refractivity contribution is -0.138. The Hall–Kier alpha value is -1.19. The molecule has 0 atom stereocenters. The van der Waals surface area contributed by atoms with Gasteiger partial charge in [-0.2, -0.15) is 13.2 Å². The van der Waals surface area contributed by atoms with E-state index in [0.29, 0.717) is 5.75 Å². The predicted octanol–water partition coefficient (Wildman–Crippen LogP) is 3.56. The molecule has 0 spiro atoms. The zero-order valence-corrected chi connectivity index (χ0v) is 8.27.